The number of anilines is 1. The number of aromatic nitrogens is 1. The Morgan fingerprint density at radius 2 is 1.83 bits per heavy atom. The summed E-state index contributed by atoms with van der Waals surface area (Å²) in [6.45, 7) is 3.82. The number of nitrogens with one attached hydrogen (secondary N) is 1. The maximum Gasteiger partial charge on any atom is 0.258 e. The van der Waals surface area contributed by atoms with Crippen molar-refractivity contribution in [2.75, 3.05) is 5.32 Å². The summed E-state index contributed by atoms with van der Waals surface area (Å²) < 4.78 is 28.1. The summed E-state index contributed by atoms with van der Waals surface area (Å²) in [6.07, 6.45) is 3.72. The minimum absolute atomic E-state index is 0.218. The van der Waals surface area contributed by atoms with Crippen molar-refractivity contribution in [1.82, 2.24) is 4.57 Å². The normalized spacial score (nSPS) is 10.8. The molecular weight excluding hydrogens is 318 g/mol. The predicted molar refractivity (Wildman–Crippen MR) is 87.4 cm³/mol. The molecule has 0 bridgehead atoms. The Hall–Kier alpha value is -2.47. The van der Waals surface area contributed by atoms with Crippen molar-refractivity contribution in [3.05, 3.63) is 70.4 Å². The Bertz CT molecular complexity index is 869. The number of hydrogen-bond acceptors (Lipinski definition) is 2. The van der Waals surface area contributed by atoms with Crippen molar-refractivity contribution in [2.24, 2.45) is 0 Å². The van der Waals surface area contributed by atoms with E-state index in [4.69, 9.17) is 0 Å². The number of rotatable bonds is 3. The van der Waals surface area contributed by atoms with E-state index in [2.05, 4.69) is 5.32 Å². The highest BCUT2D eigenvalue weighted by Gasteiger charge is 2.20. The lowest BCUT2D eigenvalue weighted by atomic mass is 10.1. The number of aryl methyl sites for hydroxylation is 1. The zero-order valence-electron chi connectivity index (χ0n) is 12.6. The van der Waals surface area contributed by atoms with Crippen LogP contribution in [0.5, 0.6) is 0 Å². The van der Waals surface area contributed by atoms with Gasteiger partial charge in [0.05, 0.1) is 5.56 Å². The van der Waals surface area contributed by atoms with Gasteiger partial charge in [0.15, 0.2) is 11.6 Å². The van der Waals surface area contributed by atoms with E-state index in [9.17, 15) is 13.6 Å². The summed E-state index contributed by atoms with van der Waals surface area (Å²) in [7, 11) is 0. The van der Waals surface area contributed by atoms with Crippen LogP contribution in [0.1, 0.15) is 20.8 Å². The molecule has 1 aromatic carbocycles. The van der Waals surface area contributed by atoms with Crippen molar-refractivity contribution >= 4 is 22.9 Å². The number of hydrogen-bond donors (Lipinski definition) is 1. The first-order valence-electron chi connectivity index (χ1n) is 6.97. The SMILES string of the molecule is Cc1sc(-n2cccc2)c(C(=O)Nc2ccc(F)c(F)c2)c1C. The number of benzene rings is 1. The van der Waals surface area contributed by atoms with Crippen LogP contribution in [0.3, 0.4) is 0 Å². The van der Waals surface area contributed by atoms with Crippen LogP contribution in [0, 0.1) is 25.5 Å². The van der Waals surface area contributed by atoms with Gasteiger partial charge in [-0.2, -0.15) is 0 Å². The molecule has 2 aromatic heterocycles. The molecule has 0 saturated heterocycles. The van der Waals surface area contributed by atoms with Gasteiger partial charge in [-0.25, -0.2) is 8.78 Å². The van der Waals surface area contributed by atoms with E-state index >= 15 is 0 Å². The van der Waals surface area contributed by atoms with Crippen molar-refractivity contribution in [2.45, 2.75) is 13.8 Å². The van der Waals surface area contributed by atoms with Gasteiger partial charge in [-0.1, -0.05) is 0 Å². The second kappa shape index (κ2) is 5.96. The molecule has 0 aliphatic heterocycles. The maximum atomic E-state index is 13.3. The molecule has 0 unspecified atom stereocenters. The molecule has 3 nitrogen and oxygen atoms in total. The quantitative estimate of drug-likeness (QED) is 0.742. The lowest BCUT2D eigenvalue weighted by Crippen LogP contribution is -2.14. The van der Waals surface area contributed by atoms with Gasteiger partial charge in [-0.3, -0.25) is 4.79 Å². The van der Waals surface area contributed by atoms with Gasteiger partial charge in [-0.15, -0.1) is 11.3 Å². The first-order chi connectivity index (χ1) is 11.0. The Balaban J connectivity index is 1.97. The molecule has 0 aliphatic carbocycles. The molecule has 3 aromatic rings. The van der Waals surface area contributed by atoms with E-state index in [0.29, 0.717) is 5.56 Å². The van der Waals surface area contributed by atoms with Crippen LogP contribution in [0.2, 0.25) is 0 Å². The van der Waals surface area contributed by atoms with Gasteiger partial charge in [0.25, 0.3) is 5.91 Å². The minimum atomic E-state index is -0.994. The van der Waals surface area contributed by atoms with Crippen molar-refractivity contribution in [1.29, 1.82) is 0 Å². The Morgan fingerprint density at radius 1 is 1.13 bits per heavy atom. The fourth-order valence-corrected chi connectivity index (χ4v) is 3.42. The van der Waals surface area contributed by atoms with E-state index < -0.39 is 11.6 Å². The molecular formula is C17H14F2N2OS. The topological polar surface area (TPSA) is 34.0 Å². The molecule has 6 heteroatoms. The first kappa shape index (κ1) is 15.4. The van der Waals surface area contributed by atoms with Crippen LogP contribution >= 0.6 is 11.3 Å². The standard InChI is InChI=1S/C17H14F2N2OS/c1-10-11(2)23-17(21-7-3-4-8-21)15(10)16(22)20-12-5-6-13(18)14(19)9-12/h3-9H,1-2H3,(H,20,22). The maximum absolute atomic E-state index is 13.3. The third-order valence-electron chi connectivity index (χ3n) is 3.61. The highest BCUT2D eigenvalue weighted by molar-refractivity contribution is 7.15. The third-order valence-corrected chi connectivity index (χ3v) is 4.83. The van der Waals surface area contributed by atoms with E-state index in [-0.39, 0.29) is 11.6 Å². The van der Waals surface area contributed by atoms with Crippen molar-refractivity contribution < 1.29 is 13.6 Å². The molecule has 0 saturated carbocycles. The van der Waals surface area contributed by atoms with Crippen LogP contribution in [0.4, 0.5) is 14.5 Å². The molecule has 0 spiro atoms. The zero-order valence-corrected chi connectivity index (χ0v) is 13.4. The average molecular weight is 332 g/mol. The average Bonchev–Trinajstić information content (AvgIpc) is 3.12. The summed E-state index contributed by atoms with van der Waals surface area (Å²) in [5.74, 6) is -2.29. The van der Waals surface area contributed by atoms with E-state index in [1.54, 1.807) is 0 Å². The fourth-order valence-electron chi connectivity index (χ4n) is 2.30. The molecule has 2 heterocycles. The molecule has 0 aliphatic rings. The highest BCUT2D eigenvalue weighted by Crippen LogP contribution is 2.31. The zero-order chi connectivity index (χ0) is 16.6. The lowest BCUT2D eigenvalue weighted by Gasteiger charge is -2.09. The van der Waals surface area contributed by atoms with E-state index in [1.165, 1.54) is 17.4 Å². The molecule has 1 N–H and O–H groups in total. The Kier molecular flexibility index (Phi) is 4.00. The molecule has 0 radical (unpaired) electrons. The largest absolute Gasteiger partial charge is 0.322 e. The van der Waals surface area contributed by atoms with Gasteiger partial charge in [0.2, 0.25) is 0 Å². The van der Waals surface area contributed by atoms with E-state index in [1.807, 2.05) is 42.9 Å². The Morgan fingerprint density at radius 3 is 2.48 bits per heavy atom. The van der Waals surface area contributed by atoms with Gasteiger partial charge in [-0.05, 0) is 43.7 Å². The van der Waals surface area contributed by atoms with Gasteiger partial charge in [0.1, 0.15) is 5.00 Å². The summed E-state index contributed by atoms with van der Waals surface area (Å²) in [6, 6.07) is 7.05. The molecule has 3 rings (SSSR count). The first-order valence-corrected chi connectivity index (χ1v) is 7.78. The van der Waals surface area contributed by atoms with Crippen LogP contribution < -0.4 is 5.32 Å². The monoisotopic (exact) mass is 332 g/mol. The van der Waals surface area contributed by atoms with Crippen LogP contribution in [-0.4, -0.2) is 10.5 Å². The predicted octanol–water partition coefficient (Wildman–Crippen LogP) is 4.69. The Labute approximate surface area is 136 Å². The number of carbonyl (C=O) groups excluding carboxylic acids is 1. The number of amides is 1. The summed E-state index contributed by atoms with van der Waals surface area (Å²) in [5, 5.41) is 3.43. The summed E-state index contributed by atoms with van der Waals surface area (Å²) in [5.41, 5.74) is 1.63. The van der Waals surface area contributed by atoms with E-state index in [0.717, 1.165) is 27.6 Å². The van der Waals surface area contributed by atoms with Crippen molar-refractivity contribution in [3.8, 4) is 5.00 Å². The molecule has 23 heavy (non-hydrogen) atoms. The fraction of sp³-hybridized carbons (Fsp3) is 0.118. The molecule has 0 atom stereocenters. The van der Waals surface area contributed by atoms with Gasteiger partial charge >= 0.3 is 0 Å². The minimum Gasteiger partial charge on any atom is -0.322 e. The lowest BCUT2D eigenvalue weighted by molar-refractivity contribution is 0.102. The van der Waals surface area contributed by atoms with Gasteiger partial charge < -0.3 is 9.88 Å². The number of nitrogens with zero attached hydrogens (tertiary/aromatic N) is 1. The number of thiophene rings is 1. The van der Waals surface area contributed by atoms with Gasteiger partial charge in [0, 0.05) is 29.0 Å². The molecule has 0 fully saturated rings. The second-order valence-electron chi connectivity index (χ2n) is 5.14. The highest BCUT2D eigenvalue weighted by atomic mass is 32.1. The summed E-state index contributed by atoms with van der Waals surface area (Å²) in [4.78, 5) is 13.7. The number of halogens is 2. The third kappa shape index (κ3) is 2.90. The number of carbonyl (C=O) groups is 1. The van der Waals surface area contributed by atoms with Crippen LogP contribution in [0.15, 0.2) is 42.7 Å². The smallest absolute Gasteiger partial charge is 0.258 e. The van der Waals surface area contributed by atoms with Crippen molar-refractivity contribution in [3.63, 3.8) is 0 Å². The van der Waals surface area contributed by atoms with Crippen LogP contribution in [-0.2, 0) is 0 Å². The summed E-state index contributed by atoms with van der Waals surface area (Å²) >= 11 is 1.51. The molecule has 118 valence electrons. The molecule has 1 amide bonds. The second-order valence-corrected chi connectivity index (χ2v) is 6.34. The van der Waals surface area contributed by atoms with Crippen LogP contribution in [0.25, 0.3) is 5.00 Å².